The standard InChI is InChI=1S/C6H6BrF/c7-5-2-1-3-6(8)4-5/h1,3-5H,2H2. The molecule has 0 bridgehead atoms. The summed E-state index contributed by atoms with van der Waals surface area (Å²) in [5.41, 5.74) is 0. The lowest BCUT2D eigenvalue weighted by Gasteiger charge is -2.02. The van der Waals surface area contributed by atoms with E-state index in [0.29, 0.717) is 0 Å². The average Bonchev–Trinajstić information content (AvgIpc) is 1.64. The molecule has 1 aliphatic carbocycles. The Morgan fingerprint density at radius 2 is 2.50 bits per heavy atom. The van der Waals surface area contributed by atoms with E-state index in [2.05, 4.69) is 15.9 Å². The van der Waals surface area contributed by atoms with E-state index in [9.17, 15) is 4.39 Å². The fourth-order valence-electron chi connectivity index (χ4n) is 0.607. The van der Waals surface area contributed by atoms with Crippen molar-refractivity contribution < 1.29 is 4.39 Å². The second kappa shape index (κ2) is 2.44. The summed E-state index contributed by atoms with van der Waals surface area (Å²) in [5, 5.41) is 0. The topological polar surface area (TPSA) is 0 Å². The Kier molecular flexibility index (Phi) is 1.84. The van der Waals surface area contributed by atoms with Crippen molar-refractivity contribution in [3.63, 3.8) is 0 Å². The summed E-state index contributed by atoms with van der Waals surface area (Å²) >= 11 is 3.26. The highest BCUT2D eigenvalue weighted by Gasteiger charge is 2.02. The van der Waals surface area contributed by atoms with Crippen LogP contribution in [0.25, 0.3) is 0 Å². The molecule has 1 aliphatic rings. The number of allylic oxidation sites excluding steroid dienone is 4. The summed E-state index contributed by atoms with van der Waals surface area (Å²) < 4.78 is 12.2. The first-order chi connectivity index (χ1) is 3.79. The van der Waals surface area contributed by atoms with Crippen molar-refractivity contribution in [3.8, 4) is 0 Å². The van der Waals surface area contributed by atoms with Gasteiger partial charge in [-0.15, -0.1) is 0 Å². The number of alkyl halides is 1. The molecule has 1 atom stereocenters. The van der Waals surface area contributed by atoms with Crippen LogP contribution in [-0.2, 0) is 0 Å². The van der Waals surface area contributed by atoms with Crippen LogP contribution in [-0.4, -0.2) is 4.83 Å². The van der Waals surface area contributed by atoms with E-state index in [-0.39, 0.29) is 10.7 Å². The third kappa shape index (κ3) is 1.44. The van der Waals surface area contributed by atoms with Crippen molar-refractivity contribution in [1.82, 2.24) is 0 Å². The molecule has 0 saturated heterocycles. The molecule has 0 aromatic carbocycles. The zero-order chi connectivity index (χ0) is 5.98. The van der Waals surface area contributed by atoms with Gasteiger partial charge in [-0.25, -0.2) is 4.39 Å². The van der Waals surface area contributed by atoms with E-state index in [1.807, 2.05) is 6.08 Å². The first-order valence-corrected chi connectivity index (χ1v) is 3.38. The van der Waals surface area contributed by atoms with Gasteiger partial charge < -0.3 is 0 Å². The molecule has 44 valence electrons. The highest BCUT2D eigenvalue weighted by Crippen LogP contribution is 2.16. The van der Waals surface area contributed by atoms with Crippen LogP contribution in [0.4, 0.5) is 4.39 Å². The zero-order valence-electron chi connectivity index (χ0n) is 4.27. The Bertz CT molecular complexity index is 137. The Hall–Kier alpha value is -0.110. The summed E-state index contributed by atoms with van der Waals surface area (Å²) in [5.74, 6) is -0.141. The molecule has 0 aliphatic heterocycles. The molecular weight excluding hydrogens is 171 g/mol. The van der Waals surface area contributed by atoms with Gasteiger partial charge in [0.05, 0.1) is 0 Å². The Morgan fingerprint density at radius 3 is 2.88 bits per heavy atom. The molecule has 2 heteroatoms. The summed E-state index contributed by atoms with van der Waals surface area (Å²) in [4.78, 5) is 0.201. The zero-order valence-corrected chi connectivity index (χ0v) is 5.86. The third-order valence-corrected chi connectivity index (χ3v) is 1.62. The fourth-order valence-corrected chi connectivity index (χ4v) is 1.08. The Morgan fingerprint density at radius 1 is 1.75 bits per heavy atom. The highest BCUT2D eigenvalue weighted by atomic mass is 79.9. The third-order valence-electron chi connectivity index (χ3n) is 0.978. The van der Waals surface area contributed by atoms with Gasteiger partial charge in [-0.3, -0.25) is 0 Å². The maximum absolute atomic E-state index is 12.2. The lowest BCUT2D eigenvalue weighted by atomic mass is 10.2. The SMILES string of the molecule is FC1=CC(Br)CC=C1. The number of hydrogen-bond acceptors (Lipinski definition) is 0. The van der Waals surface area contributed by atoms with Crippen LogP contribution in [0.15, 0.2) is 24.1 Å². The molecule has 0 fully saturated rings. The van der Waals surface area contributed by atoms with Crippen LogP contribution in [0.1, 0.15) is 6.42 Å². The summed E-state index contributed by atoms with van der Waals surface area (Å²) in [6.07, 6.45) is 5.75. The molecule has 0 nitrogen and oxygen atoms in total. The minimum atomic E-state index is -0.141. The first-order valence-electron chi connectivity index (χ1n) is 2.47. The Balaban J connectivity index is 2.63. The van der Waals surface area contributed by atoms with Gasteiger partial charge in [-0.05, 0) is 18.6 Å². The minimum Gasteiger partial charge on any atom is -0.207 e. The van der Waals surface area contributed by atoms with Crippen molar-refractivity contribution in [2.24, 2.45) is 0 Å². The van der Waals surface area contributed by atoms with Crippen molar-refractivity contribution in [1.29, 1.82) is 0 Å². The van der Waals surface area contributed by atoms with Crippen LogP contribution in [0.5, 0.6) is 0 Å². The van der Waals surface area contributed by atoms with Gasteiger partial charge >= 0.3 is 0 Å². The van der Waals surface area contributed by atoms with E-state index in [1.165, 1.54) is 6.08 Å². The molecular formula is C6H6BrF. The largest absolute Gasteiger partial charge is 0.207 e. The van der Waals surface area contributed by atoms with E-state index < -0.39 is 0 Å². The van der Waals surface area contributed by atoms with Gasteiger partial charge in [0.2, 0.25) is 0 Å². The van der Waals surface area contributed by atoms with E-state index in [1.54, 1.807) is 6.08 Å². The average molecular weight is 177 g/mol. The van der Waals surface area contributed by atoms with Crippen molar-refractivity contribution >= 4 is 15.9 Å². The maximum Gasteiger partial charge on any atom is 0.120 e. The Labute approximate surface area is 56.2 Å². The summed E-state index contributed by atoms with van der Waals surface area (Å²) in [6, 6.07) is 0. The predicted octanol–water partition coefficient (Wildman–Crippen LogP) is 2.56. The first kappa shape index (κ1) is 6.02. The smallest absolute Gasteiger partial charge is 0.120 e. The monoisotopic (exact) mass is 176 g/mol. The minimum absolute atomic E-state index is 0.141. The molecule has 0 spiro atoms. The van der Waals surface area contributed by atoms with Crippen molar-refractivity contribution in [2.45, 2.75) is 11.2 Å². The lowest BCUT2D eigenvalue weighted by molar-refractivity contribution is 0.655. The maximum atomic E-state index is 12.2. The van der Waals surface area contributed by atoms with E-state index >= 15 is 0 Å². The number of hydrogen-bond donors (Lipinski definition) is 0. The lowest BCUT2D eigenvalue weighted by Crippen LogP contribution is -1.93. The molecule has 1 unspecified atom stereocenters. The second-order valence-electron chi connectivity index (χ2n) is 1.71. The second-order valence-corrected chi connectivity index (χ2v) is 2.88. The van der Waals surface area contributed by atoms with Crippen LogP contribution >= 0.6 is 15.9 Å². The van der Waals surface area contributed by atoms with Crippen LogP contribution in [0.3, 0.4) is 0 Å². The summed E-state index contributed by atoms with van der Waals surface area (Å²) in [7, 11) is 0. The van der Waals surface area contributed by atoms with Gasteiger partial charge in [0, 0.05) is 4.83 Å². The van der Waals surface area contributed by atoms with Gasteiger partial charge in [0.25, 0.3) is 0 Å². The number of halogens is 2. The van der Waals surface area contributed by atoms with Crippen LogP contribution in [0.2, 0.25) is 0 Å². The van der Waals surface area contributed by atoms with Gasteiger partial charge in [0.15, 0.2) is 0 Å². The van der Waals surface area contributed by atoms with Crippen LogP contribution in [0, 0.1) is 0 Å². The molecule has 0 aromatic heterocycles. The molecule has 0 amide bonds. The molecule has 1 rings (SSSR count). The molecule has 0 heterocycles. The fraction of sp³-hybridized carbons (Fsp3) is 0.333. The van der Waals surface area contributed by atoms with E-state index in [0.717, 1.165) is 6.42 Å². The quantitative estimate of drug-likeness (QED) is 0.498. The molecule has 0 saturated carbocycles. The van der Waals surface area contributed by atoms with E-state index in [4.69, 9.17) is 0 Å². The van der Waals surface area contributed by atoms with Crippen molar-refractivity contribution in [3.05, 3.63) is 24.1 Å². The van der Waals surface area contributed by atoms with Crippen LogP contribution < -0.4 is 0 Å². The number of rotatable bonds is 0. The molecule has 0 N–H and O–H groups in total. The molecule has 0 aromatic rings. The predicted molar refractivity (Wildman–Crippen MR) is 35.7 cm³/mol. The highest BCUT2D eigenvalue weighted by molar-refractivity contribution is 9.09. The normalized spacial score (nSPS) is 27.8. The van der Waals surface area contributed by atoms with Gasteiger partial charge in [-0.2, -0.15) is 0 Å². The van der Waals surface area contributed by atoms with Gasteiger partial charge in [-0.1, -0.05) is 22.0 Å². The molecule has 8 heavy (non-hydrogen) atoms. The van der Waals surface area contributed by atoms with Gasteiger partial charge in [0.1, 0.15) is 5.83 Å². The van der Waals surface area contributed by atoms with Crippen molar-refractivity contribution in [2.75, 3.05) is 0 Å². The summed E-state index contributed by atoms with van der Waals surface area (Å²) in [6.45, 7) is 0. The molecule has 0 radical (unpaired) electrons.